The van der Waals surface area contributed by atoms with Gasteiger partial charge in [0.25, 0.3) is 0 Å². The van der Waals surface area contributed by atoms with Crippen molar-refractivity contribution < 1.29 is 9.31 Å². The Hall–Kier alpha value is -0.0251. The van der Waals surface area contributed by atoms with Crippen molar-refractivity contribution in [1.29, 1.82) is 0 Å². The van der Waals surface area contributed by atoms with Gasteiger partial charge in [-0.1, -0.05) is 33.6 Å². The molecule has 0 aromatic heterocycles. The third-order valence-electron chi connectivity index (χ3n) is 3.98. The molecule has 1 saturated heterocycles. The van der Waals surface area contributed by atoms with E-state index in [-0.39, 0.29) is 18.3 Å². The fourth-order valence-corrected chi connectivity index (χ4v) is 2.71. The van der Waals surface area contributed by atoms with E-state index >= 15 is 0 Å². The first kappa shape index (κ1) is 15.4. The van der Waals surface area contributed by atoms with E-state index in [9.17, 15) is 0 Å². The van der Waals surface area contributed by atoms with Crippen molar-refractivity contribution >= 4 is 40.1 Å². The van der Waals surface area contributed by atoms with E-state index in [2.05, 4.69) is 43.6 Å². The van der Waals surface area contributed by atoms with E-state index in [0.29, 0.717) is 0 Å². The molecule has 0 radical (unpaired) electrons. The Kier molecular flexibility index (Phi) is 4.37. The van der Waals surface area contributed by atoms with E-state index in [1.807, 2.05) is 18.2 Å². The summed E-state index contributed by atoms with van der Waals surface area (Å²) in [6, 6.07) is 5.88. The van der Waals surface area contributed by atoms with Crippen molar-refractivity contribution in [3.05, 3.63) is 28.8 Å². The summed E-state index contributed by atoms with van der Waals surface area (Å²) < 4.78 is 12.2. The van der Waals surface area contributed by atoms with Gasteiger partial charge in [-0.3, -0.25) is 0 Å². The Morgan fingerprint density at radius 2 is 1.74 bits per heavy atom. The highest BCUT2D eigenvalue weighted by molar-refractivity contribution is 9.09. The van der Waals surface area contributed by atoms with Crippen LogP contribution in [0, 0.1) is 0 Å². The zero-order valence-electron chi connectivity index (χ0n) is 11.8. The van der Waals surface area contributed by atoms with Crippen molar-refractivity contribution in [2.24, 2.45) is 0 Å². The van der Waals surface area contributed by atoms with Gasteiger partial charge in [-0.15, -0.1) is 0 Å². The molecule has 2 rings (SSSR count). The van der Waals surface area contributed by atoms with Gasteiger partial charge >= 0.3 is 7.12 Å². The lowest BCUT2D eigenvalue weighted by Crippen LogP contribution is -2.41. The monoisotopic (exact) mass is 344 g/mol. The maximum atomic E-state index is 6.10. The standard InChI is InChI=1S/C14H19BBrClO2/c1-13(2)14(3,4)19-15(18-13)12-6-5-11(17)9-10(12)7-8-16/h5-6,9H,7-8H2,1-4H3. The second-order valence-electron chi connectivity index (χ2n) is 5.87. The Balaban J connectivity index is 2.34. The number of halogens is 2. The summed E-state index contributed by atoms with van der Waals surface area (Å²) in [5.74, 6) is 0. The van der Waals surface area contributed by atoms with Gasteiger partial charge in [0.2, 0.25) is 0 Å². The van der Waals surface area contributed by atoms with Crippen LogP contribution in [-0.2, 0) is 15.7 Å². The third kappa shape index (κ3) is 3.02. The van der Waals surface area contributed by atoms with Gasteiger partial charge in [-0.2, -0.15) is 0 Å². The summed E-state index contributed by atoms with van der Waals surface area (Å²) in [5.41, 5.74) is 1.61. The minimum atomic E-state index is -0.323. The minimum absolute atomic E-state index is 0.316. The zero-order valence-corrected chi connectivity index (χ0v) is 14.1. The van der Waals surface area contributed by atoms with E-state index in [1.54, 1.807) is 0 Å². The van der Waals surface area contributed by atoms with Gasteiger partial charge in [0.1, 0.15) is 0 Å². The van der Waals surface area contributed by atoms with Crippen LogP contribution in [-0.4, -0.2) is 23.7 Å². The summed E-state index contributed by atoms with van der Waals surface area (Å²) in [6.07, 6.45) is 0.903. The van der Waals surface area contributed by atoms with Crippen LogP contribution in [0.15, 0.2) is 18.2 Å². The molecular weight excluding hydrogens is 326 g/mol. The number of benzene rings is 1. The quantitative estimate of drug-likeness (QED) is 0.616. The first-order valence-electron chi connectivity index (χ1n) is 6.47. The average molecular weight is 345 g/mol. The molecule has 0 saturated carbocycles. The topological polar surface area (TPSA) is 18.5 Å². The molecule has 0 unspecified atom stereocenters. The summed E-state index contributed by atoms with van der Waals surface area (Å²) in [6.45, 7) is 8.25. The summed E-state index contributed by atoms with van der Waals surface area (Å²) >= 11 is 9.55. The maximum Gasteiger partial charge on any atom is 0.495 e. The van der Waals surface area contributed by atoms with Crippen molar-refractivity contribution in [2.75, 3.05) is 5.33 Å². The molecule has 1 aliphatic rings. The molecule has 1 aliphatic heterocycles. The number of aryl methyl sites for hydroxylation is 1. The Bertz CT molecular complexity index is 461. The van der Waals surface area contributed by atoms with Crippen LogP contribution in [0.2, 0.25) is 5.02 Å². The fourth-order valence-electron chi connectivity index (χ4n) is 2.09. The van der Waals surface area contributed by atoms with Crippen molar-refractivity contribution in [1.82, 2.24) is 0 Å². The molecule has 0 amide bonds. The molecule has 0 spiro atoms. The molecule has 1 heterocycles. The number of rotatable bonds is 3. The maximum absolute atomic E-state index is 6.10. The van der Waals surface area contributed by atoms with Gasteiger partial charge in [0, 0.05) is 10.4 Å². The molecule has 1 aromatic rings. The van der Waals surface area contributed by atoms with Gasteiger partial charge in [-0.05, 0) is 57.3 Å². The lowest BCUT2D eigenvalue weighted by molar-refractivity contribution is 0.00578. The Morgan fingerprint density at radius 1 is 1.16 bits per heavy atom. The van der Waals surface area contributed by atoms with E-state index in [1.165, 1.54) is 5.56 Å². The second-order valence-corrected chi connectivity index (χ2v) is 7.10. The Labute approximate surface area is 129 Å². The molecular formula is C14H19BBrClO2. The highest BCUT2D eigenvalue weighted by Crippen LogP contribution is 2.36. The smallest absolute Gasteiger partial charge is 0.399 e. The zero-order chi connectivity index (χ0) is 14.3. The first-order valence-corrected chi connectivity index (χ1v) is 7.97. The van der Waals surface area contributed by atoms with Gasteiger partial charge < -0.3 is 9.31 Å². The van der Waals surface area contributed by atoms with Crippen molar-refractivity contribution in [3.63, 3.8) is 0 Å². The van der Waals surface area contributed by atoms with Crippen LogP contribution in [0.4, 0.5) is 0 Å². The molecule has 2 nitrogen and oxygen atoms in total. The lowest BCUT2D eigenvalue weighted by Gasteiger charge is -2.32. The first-order chi connectivity index (χ1) is 8.77. The van der Waals surface area contributed by atoms with E-state index < -0.39 is 0 Å². The normalized spacial score (nSPS) is 20.8. The minimum Gasteiger partial charge on any atom is -0.399 e. The van der Waals surface area contributed by atoms with Gasteiger partial charge in [0.15, 0.2) is 0 Å². The van der Waals surface area contributed by atoms with Crippen molar-refractivity contribution in [2.45, 2.75) is 45.3 Å². The van der Waals surface area contributed by atoms with Gasteiger partial charge in [-0.25, -0.2) is 0 Å². The summed E-state index contributed by atoms with van der Waals surface area (Å²) in [7, 11) is -0.323. The molecule has 0 bridgehead atoms. The van der Waals surface area contributed by atoms with Crippen LogP contribution >= 0.6 is 27.5 Å². The fraction of sp³-hybridized carbons (Fsp3) is 0.571. The van der Waals surface area contributed by atoms with Crippen LogP contribution in [0.3, 0.4) is 0 Å². The average Bonchev–Trinajstić information content (AvgIpc) is 2.48. The van der Waals surface area contributed by atoms with Crippen LogP contribution < -0.4 is 5.46 Å². The molecule has 1 fully saturated rings. The number of alkyl halides is 1. The molecule has 104 valence electrons. The lowest BCUT2D eigenvalue weighted by atomic mass is 9.75. The van der Waals surface area contributed by atoms with E-state index in [4.69, 9.17) is 20.9 Å². The van der Waals surface area contributed by atoms with Crippen molar-refractivity contribution in [3.8, 4) is 0 Å². The predicted octanol–water partition coefficient (Wildman–Crippen LogP) is 3.58. The number of hydrogen-bond acceptors (Lipinski definition) is 2. The summed E-state index contributed by atoms with van der Waals surface area (Å²) in [4.78, 5) is 0. The van der Waals surface area contributed by atoms with Crippen LogP contribution in [0.25, 0.3) is 0 Å². The molecule has 1 aromatic carbocycles. The SMILES string of the molecule is CC1(C)OB(c2ccc(Cl)cc2CCBr)OC1(C)C. The van der Waals surface area contributed by atoms with Crippen LogP contribution in [0.1, 0.15) is 33.3 Å². The Morgan fingerprint density at radius 3 is 2.26 bits per heavy atom. The molecule has 0 atom stereocenters. The largest absolute Gasteiger partial charge is 0.495 e. The highest BCUT2D eigenvalue weighted by Gasteiger charge is 2.52. The third-order valence-corrected chi connectivity index (χ3v) is 4.61. The predicted molar refractivity (Wildman–Crippen MR) is 84.7 cm³/mol. The van der Waals surface area contributed by atoms with E-state index in [0.717, 1.165) is 22.2 Å². The van der Waals surface area contributed by atoms with Gasteiger partial charge in [0.05, 0.1) is 11.2 Å². The highest BCUT2D eigenvalue weighted by atomic mass is 79.9. The molecule has 5 heteroatoms. The number of hydrogen-bond donors (Lipinski definition) is 0. The van der Waals surface area contributed by atoms with Crippen LogP contribution in [0.5, 0.6) is 0 Å². The molecule has 19 heavy (non-hydrogen) atoms. The molecule has 0 N–H and O–H groups in total. The second kappa shape index (κ2) is 5.40. The summed E-state index contributed by atoms with van der Waals surface area (Å²) in [5, 5.41) is 1.64. The molecule has 0 aliphatic carbocycles.